The lowest BCUT2D eigenvalue weighted by molar-refractivity contribution is -0.305. The van der Waals surface area contributed by atoms with Gasteiger partial charge in [-0.1, -0.05) is 55.2 Å². The monoisotopic (exact) mass is 517 g/mol. The molecule has 4 atom stereocenters. The van der Waals surface area contributed by atoms with Crippen LogP contribution in [0.25, 0.3) is 0 Å². The Bertz CT molecular complexity index is 934. The van der Waals surface area contributed by atoms with Crippen molar-refractivity contribution in [1.82, 2.24) is 4.90 Å². The molecule has 3 heterocycles. The maximum atomic E-state index is 13.0. The molecule has 2 bridgehead atoms. The Kier molecular flexibility index (Phi) is 9.36. The molecule has 0 N–H and O–H groups in total. The van der Waals surface area contributed by atoms with E-state index in [0.717, 1.165) is 55.4 Å². The van der Waals surface area contributed by atoms with Crippen molar-refractivity contribution in [3.63, 3.8) is 0 Å². The van der Waals surface area contributed by atoms with Gasteiger partial charge in [-0.05, 0) is 43.9 Å². The van der Waals surface area contributed by atoms with Gasteiger partial charge < -0.3 is 23.8 Å². The first-order valence-corrected chi connectivity index (χ1v) is 14.1. The lowest BCUT2D eigenvalue weighted by atomic mass is 9.90. The average molecular weight is 518 g/mol. The zero-order chi connectivity index (χ0) is 25.5. The number of amides is 1. The SMILES string of the molecule is COc1ccc(CN2C(=O)SC[C@H]2[C@@]2(OC)CC3C[C@@H](CCCCCCCC(C)=CC(=O)O3)O2)cc1. The molecule has 198 valence electrons. The number of thioether (sulfide) groups is 1. The Morgan fingerprint density at radius 1 is 1.06 bits per heavy atom. The van der Waals surface area contributed by atoms with Crippen molar-refractivity contribution in [3.05, 3.63) is 41.5 Å². The normalized spacial score (nSPS) is 30.4. The fourth-order valence-corrected chi connectivity index (χ4v) is 6.61. The lowest BCUT2D eigenvalue weighted by Gasteiger charge is -2.48. The molecular weight excluding hydrogens is 478 g/mol. The Labute approximate surface area is 218 Å². The van der Waals surface area contributed by atoms with Crippen LogP contribution in [0.3, 0.4) is 0 Å². The largest absolute Gasteiger partial charge is 0.497 e. The van der Waals surface area contributed by atoms with Crippen LogP contribution in [0, 0.1) is 0 Å². The van der Waals surface area contributed by atoms with E-state index in [2.05, 4.69) is 0 Å². The van der Waals surface area contributed by atoms with E-state index in [0.29, 0.717) is 25.1 Å². The molecule has 1 aromatic carbocycles. The van der Waals surface area contributed by atoms with Gasteiger partial charge in [0.15, 0.2) is 5.79 Å². The minimum atomic E-state index is -1.03. The van der Waals surface area contributed by atoms with Gasteiger partial charge in [-0.3, -0.25) is 4.79 Å². The number of methoxy groups -OCH3 is 2. The van der Waals surface area contributed by atoms with E-state index in [1.54, 1.807) is 20.3 Å². The fraction of sp³-hybridized carbons (Fsp3) is 0.643. The molecule has 1 amide bonds. The van der Waals surface area contributed by atoms with Gasteiger partial charge in [-0.15, -0.1) is 0 Å². The van der Waals surface area contributed by atoms with Crippen LogP contribution in [-0.2, 0) is 25.5 Å². The van der Waals surface area contributed by atoms with Crippen molar-refractivity contribution >= 4 is 23.0 Å². The highest BCUT2D eigenvalue weighted by Gasteiger charge is 2.54. The van der Waals surface area contributed by atoms with Gasteiger partial charge in [0, 0.05) is 38.3 Å². The van der Waals surface area contributed by atoms with Crippen molar-refractivity contribution in [3.8, 4) is 5.75 Å². The minimum absolute atomic E-state index is 0.00668. The number of esters is 1. The van der Waals surface area contributed by atoms with Gasteiger partial charge in [0.1, 0.15) is 11.9 Å². The number of allylic oxidation sites excluding steroid dienone is 1. The van der Waals surface area contributed by atoms with Crippen LogP contribution in [-0.4, -0.2) is 60.1 Å². The van der Waals surface area contributed by atoms with Crippen LogP contribution < -0.4 is 4.74 Å². The molecule has 7 nitrogen and oxygen atoms in total. The smallest absolute Gasteiger partial charge is 0.330 e. The Morgan fingerprint density at radius 3 is 2.56 bits per heavy atom. The highest BCUT2D eigenvalue weighted by molar-refractivity contribution is 8.13. The van der Waals surface area contributed by atoms with E-state index in [9.17, 15) is 9.59 Å². The standard InChI is InChI=1S/C28H39NO6S/c1-20-9-7-5-4-6-8-10-23-16-24(34-26(30)15-20)17-28(33-3,35-23)25-19-36-27(31)29(25)18-21-11-13-22(32-2)14-12-21/h11-15,23-25H,4-10,16-19H2,1-3H3/t23-,24?,25+,28-/m1/s1. The summed E-state index contributed by atoms with van der Waals surface area (Å²) < 4.78 is 24.0. The molecule has 1 aromatic rings. The Balaban J connectivity index is 1.57. The van der Waals surface area contributed by atoms with Crippen molar-refractivity contribution < 1.29 is 28.5 Å². The molecule has 0 aliphatic carbocycles. The van der Waals surface area contributed by atoms with E-state index in [-0.39, 0.29) is 29.5 Å². The van der Waals surface area contributed by atoms with Gasteiger partial charge in [0.2, 0.25) is 0 Å². The molecule has 1 unspecified atom stereocenters. The lowest BCUT2D eigenvalue weighted by Crippen LogP contribution is -2.60. The van der Waals surface area contributed by atoms with E-state index >= 15 is 0 Å². The number of rotatable bonds is 5. The summed E-state index contributed by atoms with van der Waals surface area (Å²) >= 11 is 1.29. The number of benzene rings is 1. The van der Waals surface area contributed by atoms with Crippen molar-refractivity contribution in [1.29, 1.82) is 0 Å². The van der Waals surface area contributed by atoms with Crippen LogP contribution in [0.4, 0.5) is 4.79 Å². The number of ether oxygens (including phenoxy) is 4. The summed E-state index contributed by atoms with van der Waals surface area (Å²) in [6, 6.07) is 7.45. The predicted octanol–water partition coefficient (Wildman–Crippen LogP) is 5.86. The van der Waals surface area contributed by atoms with Crippen LogP contribution in [0.5, 0.6) is 5.75 Å². The highest BCUT2D eigenvalue weighted by Crippen LogP contribution is 2.43. The minimum Gasteiger partial charge on any atom is -0.497 e. The molecule has 2 fully saturated rings. The highest BCUT2D eigenvalue weighted by atomic mass is 32.2. The zero-order valence-electron chi connectivity index (χ0n) is 21.7. The summed E-state index contributed by atoms with van der Waals surface area (Å²) in [5.41, 5.74) is 2.07. The number of nitrogens with zero attached hydrogens (tertiary/aromatic N) is 1. The van der Waals surface area contributed by atoms with E-state index in [1.807, 2.05) is 36.1 Å². The van der Waals surface area contributed by atoms with Crippen LogP contribution in [0.15, 0.2) is 35.9 Å². The van der Waals surface area contributed by atoms with E-state index < -0.39 is 5.79 Å². The van der Waals surface area contributed by atoms with Gasteiger partial charge in [0.05, 0.1) is 19.3 Å². The molecule has 2 saturated heterocycles. The third-order valence-corrected chi connectivity index (χ3v) is 8.45. The summed E-state index contributed by atoms with van der Waals surface area (Å²) in [7, 11) is 3.28. The third-order valence-electron chi connectivity index (χ3n) is 7.49. The Hall–Kier alpha value is -2.03. The molecule has 0 radical (unpaired) electrons. The first-order valence-electron chi connectivity index (χ1n) is 13.1. The Morgan fingerprint density at radius 2 is 1.81 bits per heavy atom. The van der Waals surface area contributed by atoms with Crippen LogP contribution >= 0.6 is 11.8 Å². The van der Waals surface area contributed by atoms with Crippen LogP contribution in [0.1, 0.15) is 70.3 Å². The number of hydrogen-bond acceptors (Lipinski definition) is 7. The van der Waals surface area contributed by atoms with E-state index in [4.69, 9.17) is 18.9 Å². The molecule has 3 aliphatic rings. The fourth-order valence-electron chi connectivity index (χ4n) is 5.52. The quantitative estimate of drug-likeness (QED) is 0.453. The number of fused-ring (bicyclic) bond motifs is 2. The third kappa shape index (κ3) is 6.64. The van der Waals surface area contributed by atoms with Crippen molar-refractivity contribution in [2.75, 3.05) is 20.0 Å². The van der Waals surface area contributed by atoms with Crippen LogP contribution in [0.2, 0.25) is 0 Å². The summed E-state index contributed by atoms with van der Waals surface area (Å²) in [6.07, 6.45) is 9.76. The number of carbonyl (C=O) groups is 2. The summed E-state index contributed by atoms with van der Waals surface area (Å²) in [5.74, 6) is 0.00916. The first-order chi connectivity index (χ1) is 17.4. The van der Waals surface area contributed by atoms with Gasteiger partial charge >= 0.3 is 5.97 Å². The molecule has 36 heavy (non-hydrogen) atoms. The summed E-state index contributed by atoms with van der Waals surface area (Å²) in [4.78, 5) is 27.6. The molecule has 0 aromatic heterocycles. The molecule has 0 saturated carbocycles. The van der Waals surface area contributed by atoms with Crippen molar-refractivity contribution in [2.24, 2.45) is 0 Å². The van der Waals surface area contributed by atoms with Gasteiger partial charge in [-0.2, -0.15) is 0 Å². The second-order valence-electron chi connectivity index (χ2n) is 10.1. The molecule has 8 heteroatoms. The first kappa shape index (κ1) is 27.0. The second kappa shape index (κ2) is 12.5. The molecule has 0 spiro atoms. The van der Waals surface area contributed by atoms with Gasteiger partial charge in [-0.25, -0.2) is 4.79 Å². The molecule has 4 rings (SSSR count). The second-order valence-corrected chi connectivity index (χ2v) is 11.1. The average Bonchev–Trinajstić information content (AvgIpc) is 3.23. The maximum absolute atomic E-state index is 13.0. The zero-order valence-corrected chi connectivity index (χ0v) is 22.5. The summed E-state index contributed by atoms with van der Waals surface area (Å²) in [5, 5.41) is 0.00668. The predicted molar refractivity (Wildman–Crippen MR) is 140 cm³/mol. The summed E-state index contributed by atoms with van der Waals surface area (Å²) in [6.45, 7) is 2.45. The maximum Gasteiger partial charge on any atom is 0.330 e. The van der Waals surface area contributed by atoms with Crippen molar-refractivity contribution in [2.45, 2.75) is 95.3 Å². The van der Waals surface area contributed by atoms with Gasteiger partial charge in [0.25, 0.3) is 5.24 Å². The molecular formula is C28H39NO6S. The number of carbonyl (C=O) groups excluding carboxylic acids is 2. The topological polar surface area (TPSA) is 74.3 Å². The van der Waals surface area contributed by atoms with E-state index in [1.165, 1.54) is 18.2 Å². The number of hydrogen-bond donors (Lipinski definition) is 0. The molecule has 3 aliphatic heterocycles.